The maximum absolute atomic E-state index is 13.9. The van der Waals surface area contributed by atoms with Gasteiger partial charge in [-0.3, -0.25) is 4.31 Å². The molecule has 6 rings (SSSR count). The fourth-order valence-electron chi connectivity index (χ4n) is 5.33. The number of hydrogen-bond acceptors (Lipinski definition) is 3. The van der Waals surface area contributed by atoms with Crippen LogP contribution in [-0.2, 0) is 10.0 Å². The van der Waals surface area contributed by atoms with Crippen LogP contribution in [0.3, 0.4) is 0 Å². The zero-order chi connectivity index (χ0) is 24.2. The van der Waals surface area contributed by atoms with E-state index in [0.29, 0.717) is 17.1 Å². The van der Waals surface area contributed by atoms with Crippen LogP contribution in [0.5, 0.6) is 5.75 Å². The third kappa shape index (κ3) is 3.38. The number of aryl methyl sites for hydroxylation is 1. The van der Waals surface area contributed by atoms with Crippen molar-refractivity contribution in [3.05, 3.63) is 125 Å². The lowest BCUT2D eigenvalue weighted by molar-refractivity contribution is 0.414. The Morgan fingerprint density at radius 3 is 2.29 bits per heavy atom. The molecule has 4 aromatic carbocycles. The van der Waals surface area contributed by atoms with Crippen molar-refractivity contribution in [1.29, 1.82) is 0 Å². The van der Waals surface area contributed by atoms with Gasteiger partial charge in [-0.15, -0.1) is 0 Å². The van der Waals surface area contributed by atoms with E-state index in [9.17, 15) is 8.42 Å². The maximum atomic E-state index is 13.9. The maximum Gasteiger partial charge on any atom is 0.264 e. The summed E-state index contributed by atoms with van der Waals surface area (Å²) in [6.45, 7) is 2.30. The summed E-state index contributed by atoms with van der Waals surface area (Å²) in [4.78, 5) is 0.307. The third-order valence-electron chi connectivity index (χ3n) is 7.01. The van der Waals surface area contributed by atoms with Gasteiger partial charge in [-0.05, 0) is 65.1 Å². The molecular formula is C30H25NO3S. The number of methoxy groups -OCH3 is 1. The van der Waals surface area contributed by atoms with E-state index in [-0.39, 0.29) is 5.92 Å². The van der Waals surface area contributed by atoms with Gasteiger partial charge in [0, 0.05) is 18.0 Å². The number of nitrogens with zero attached hydrogens (tertiary/aromatic N) is 1. The van der Waals surface area contributed by atoms with Crippen LogP contribution in [0.1, 0.15) is 33.7 Å². The number of para-hydroxylation sites is 1. The van der Waals surface area contributed by atoms with Crippen LogP contribution in [0.25, 0.3) is 11.1 Å². The van der Waals surface area contributed by atoms with Crippen molar-refractivity contribution >= 4 is 26.9 Å². The van der Waals surface area contributed by atoms with Gasteiger partial charge < -0.3 is 4.74 Å². The quantitative estimate of drug-likeness (QED) is 0.347. The van der Waals surface area contributed by atoms with Gasteiger partial charge in [-0.25, -0.2) is 8.42 Å². The van der Waals surface area contributed by atoms with Crippen molar-refractivity contribution in [2.45, 2.75) is 17.7 Å². The molecule has 0 bridgehead atoms. The minimum absolute atomic E-state index is 0.0822. The number of benzene rings is 4. The Morgan fingerprint density at radius 2 is 1.54 bits per heavy atom. The monoisotopic (exact) mass is 479 g/mol. The number of rotatable bonds is 4. The Kier molecular flexibility index (Phi) is 5.04. The molecule has 0 radical (unpaired) electrons. The van der Waals surface area contributed by atoms with E-state index < -0.39 is 10.0 Å². The largest absolute Gasteiger partial charge is 0.497 e. The van der Waals surface area contributed by atoms with Gasteiger partial charge in [-0.1, -0.05) is 72.3 Å². The summed E-state index contributed by atoms with van der Waals surface area (Å²) in [5.41, 5.74) is 8.34. The first-order valence-electron chi connectivity index (χ1n) is 11.7. The average molecular weight is 480 g/mol. The van der Waals surface area contributed by atoms with E-state index in [1.165, 1.54) is 5.57 Å². The van der Waals surface area contributed by atoms with Crippen molar-refractivity contribution in [3.8, 4) is 5.75 Å². The van der Waals surface area contributed by atoms with E-state index in [1.54, 1.807) is 23.5 Å². The van der Waals surface area contributed by atoms with E-state index in [4.69, 9.17) is 4.74 Å². The molecule has 174 valence electrons. The third-order valence-corrected chi connectivity index (χ3v) is 8.80. The standard InChI is InChI=1S/C30H25NO3S/c1-20-12-15-23(16-13-20)35(32,33)31-19-27-24-17-14-22(34-2)18-26(24)29(21-8-4-3-5-9-21)30(27)25-10-6-7-11-28(25)31/h3-18,27H,19H2,1-2H3. The van der Waals surface area contributed by atoms with Gasteiger partial charge in [0.25, 0.3) is 10.0 Å². The second-order valence-electron chi connectivity index (χ2n) is 9.03. The molecule has 0 fully saturated rings. The number of hydrogen-bond donors (Lipinski definition) is 0. The second kappa shape index (κ2) is 8.14. The van der Waals surface area contributed by atoms with Crippen LogP contribution in [-0.4, -0.2) is 22.1 Å². The van der Waals surface area contributed by atoms with Crippen LogP contribution in [0, 0.1) is 6.92 Å². The van der Waals surface area contributed by atoms with Crippen LogP contribution in [0.4, 0.5) is 5.69 Å². The molecule has 0 saturated carbocycles. The average Bonchev–Trinajstić information content (AvgIpc) is 3.22. The van der Waals surface area contributed by atoms with E-state index in [0.717, 1.165) is 39.1 Å². The molecule has 0 saturated heterocycles. The molecule has 0 amide bonds. The highest BCUT2D eigenvalue weighted by molar-refractivity contribution is 7.92. The molecule has 0 aromatic heterocycles. The SMILES string of the molecule is COc1ccc2c(c1)C(c1ccccc1)=C1c3ccccc3N(S(=O)(=O)c3ccc(C)cc3)CC12. The first kappa shape index (κ1) is 21.7. The predicted molar refractivity (Wildman–Crippen MR) is 140 cm³/mol. The normalized spacial score (nSPS) is 16.5. The zero-order valence-corrected chi connectivity index (χ0v) is 20.4. The van der Waals surface area contributed by atoms with Crippen LogP contribution >= 0.6 is 0 Å². The fraction of sp³-hybridized carbons (Fsp3) is 0.133. The lowest BCUT2D eigenvalue weighted by atomic mass is 9.85. The van der Waals surface area contributed by atoms with Crippen molar-refractivity contribution in [3.63, 3.8) is 0 Å². The van der Waals surface area contributed by atoms with Crippen molar-refractivity contribution in [1.82, 2.24) is 0 Å². The highest BCUT2D eigenvalue weighted by atomic mass is 32.2. The summed E-state index contributed by atoms with van der Waals surface area (Å²) in [5.74, 6) is 0.704. The molecule has 0 spiro atoms. The van der Waals surface area contributed by atoms with Gasteiger partial charge in [0.05, 0.1) is 17.7 Å². The fourth-order valence-corrected chi connectivity index (χ4v) is 6.83. The minimum Gasteiger partial charge on any atom is -0.497 e. The predicted octanol–water partition coefficient (Wildman–Crippen LogP) is 6.27. The number of anilines is 1. The second-order valence-corrected chi connectivity index (χ2v) is 10.9. The molecule has 1 atom stereocenters. The number of sulfonamides is 1. The van der Waals surface area contributed by atoms with Gasteiger partial charge in [-0.2, -0.15) is 0 Å². The Hall–Kier alpha value is -3.83. The summed E-state index contributed by atoms with van der Waals surface area (Å²) >= 11 is 0. The van der Waals surface area contributed by atoms with Crippen LogP contribution in [0.15, 0.2) is 102 Å². The Bertz CT molecular complexity index is 1570. The lowest BCUT2D eigenvalue weighted by Gasteiger charge is -2.36. The summed E-state index contributed by atoms with van der Waals surface area (Å²) < 4.78 is 35.0. The molecule has 5 heteroatoms. The molecule has 4 aromatic rings. The first-order valence-corrected chi connectivity index (χ1v) is 13.1. The Balaban J connectivity index is 1.61. The molecule has 0 N–H and O–H groups in total. The summed E-state index contributed by atoms with van der Waals surface area (Å²) in [7, 11) is -2.07. The first-order chi connectivity index (χ1) is 17.0. The van der Waals surface area contributed by atoms with Gasteiger partial charge in [0.2, 0.25) is 0 Å². The van der Waals surface area contributed by atoms with E-state index in [1.807, 2.05) is 67.6 Å². The van der Waals surface area contributed by atoms with E-state index in [2.05, 4.69) is 24.3 Å². The highest BCUT2D eigenvalue weighted by Gasteiger charge is 2.42. The highest BCUT2D eigenvalue weighted by Crippen LogP contribution is 2.55. The molecule has 1 aliphatic heterocycles. The molecular weight excluding hydrogens is 454 g/mol. The van der Waals surface area contributed by atoms with Crippen molar-refractivity contribution in [2.24, 2.45) is 0 Å². The Labute approximate surface area is 206 Å². The summed E-state index contributed by atoms with van der Waals surface area (Å²) in [6, 6.07) is 31.4. The molecule has 35 heavy (non-hydrogen) atoms. The Morgan fingerprint density at radius 1 is 0.829 bits per heavy atom. The van der Waals surface area contributed by atoms with Crippen molar-refractivity contribution < 1.29 is 13.2 Å². The molecule has 1 heterocycles. The van der Waals surface area contributed by atoms with Gasteiger partial charge in [0.15, 0.2) is 0 Å². The van der Waals surface area contributed by atoms with Crippen LogP contribution in [0.2, 0.25) is 0 Å². The molecule has 2 aliphatic rings. The van der Waals surface area contributed by atoms with Gasteiger partial charge >= 0.3 is 0 Å². The summed E-state index contributed by atoms with van der Waals surface area (Å²) in [5, 5.41) is 0. The topological polar surface area (TPSA) is 46.6 Å². The van der Waals surface area contributed by atoms with Gasteiger partial charge in [0.1, 0.15) is 5.75 Å². The molecule has 4 nitrogen and oxygen atoms in total. The summed E-state index contributed by atoms with van der Waals surface area (Å²) in [6.07, 6.45) is 0. The lowest BCUT2D eigenvalue weighted by Crippen LogP contribution is -2.38. The van der Waals surface area contributed by atoms with Crippen LogP contribution < -0.4 is 9.04 Å². The number of ether oxygens (including phenoxy) is 1. The van der Waals surface area contributed by atoms with E-state index >= 15 is 0 Å². The van der Waals surface area contributed by atoms with Crippen molar-refractivity contribution in [2.75, 3.05) is 18.0 Å². The zero-order valence-electron chi connectivity index (χ0n) is 19.6. The molecule has 1 unspecified atom stereocenters. The minimum atomic E-state index is -3.74. The molecule has 1 aliphatic carbocycles. The number of fused-ring (bicyclic) bond motifs is 5. The smallest absolute Gasteiger partial charge is 0.264 e.